The minimum atomic E-state index is -1.05. The van der Waals surface area contributed by atoms with Crippen molar-refractivity contribution in [3.63, 3.8) is 0 Å². The van der Waals surface area contributed by atoms with Crippen LogP contribution < -0.4 is 11.1 Å². The Balaban J connectivity index is 3.69. The number of nitrogens with two attached hydrogens (primary N) is 1. The Morgan fingerprint density at radius 1 is 1.22 bits per heavy atom. The van der Waals surface area contributed by atoms with Crippen molar-refractivity contribution in [1.29, 1.82) is 0 Å². The van der Waals surface area contributed by atoms with Crippen LogP contribution >= 0.6 is 0 Å². The van der Waals surface area contributed by atoms with E-state index in [0.29, 0.717) is 0 Å². The van der Waals surface area contributed by atoms with Crippen molar-refractivity contribution in [3.05, 3.63) is 0 Å². The zero-order valence-electron chi connectivity index (χ0n) is 11.4. The number of aliphatic carboxylic acids is 1. The Labute approximate surface area is 109 Å². The molecule has 0 rings (SSSR count). The topological polar surface area (TPSA) is 92.4 Å². The predicted octanol–water partition coefficient (Wildman–Crippen LogP) is 1.65. The van der Waals surface area contributed by atoms with E-state index >= 15 is 0 Å². The molecule has 0 aliphatic heterocycles. The van der Waals surface area contributed by atoms with Crippen LogP contribution in [-0.4, -0.2) is 29.1 Å². The Bertz CT molecular complexity index is 257. The molecule has 106 valence electrons. The summed E-state index contributed by atoms with van der Waals surface area (Å²) in [5, 5.41) is 11.3. The van der Waals surface area contributed by atoms with Crippen LogP contribution in [0.3, 0.4) is 0 Å². The zero-order chi connectivity index (χ0) is 14.0. The fraction of sp³-hybridized carbons (Fsp3) is 0.846. The van der Waals surface area contributed by atoms with E-state index in [1.165, 1.54) is 25.7 Å². The molecular formula is C13H26N2O3. The predicted molar refractivity (Wildman–Crippen MR) is 71.2 cm³/mol. The van der Waals surface area contributed by atoms with Crippen LogP contribution in [0.1, 0.15) is 58.8 Å². The lowest BCUT2D eigenvalue weighted by Crippen LogP contribution is -2.45. The summed E-state index contributed by atoms with van der Waals surface area (Å²) in [6.45, 7) is 4.10. The lowest BCUT2D eigenvalue weighted by atomic mass is 10.1. The fourth-order valence-corrected chi connectivity index (χ4v) is 1.76. The van der Waals surface area contributed by atoms with Gasteiger partial charge in [0.2, 0.25) is 5.91 Å². The van der Waals surface area contributed by atoms with Gasteiger partial charge in [-0.2, -0.15) is 0 Å². The van der Waals surface area contributed by atoms with Crippen LogP contribution in [0.15, 0.2) is 0 Å². The van der Waals surface area contributed by atoms with Crippen molar-refractivity contribution in [3.8, 4) is 0 Å². The van der Waals surface area contributed by atoms with Crippen molar-refractivity contribution < 1.29 is 14.7 Å². The number of hydrogen-bond donors (Lipinski definition) is 3. The number of amides is 1. The van der Waals surface area contributed by atoms with Crippen molar-refractivity contribution in [2.75, 3.05) is 0 Å². The average Bonchev–Trinajstić information content (AvgIpc) is 2.27. The van der Waals surface area contributed by atoms with Gasteiger partial charge in [-0.3, -0.25) is 9.59 Å². The molecular weight excluding hydrogens is 232 g/mol. The number of unbranched alkanes of at least 4 members (excludes halogenated alkanes) is 4. The third-order valence-corrected chi connectivity index (χ3v) is 2.86. The maximum absolute atomic E-state index is 11.5. The van der Waals surface area contributed by atoms with Crippen LogP contribution in [0.25, 0.3) is 0 Å². The van der Waals surface area contributed by atoms with Crippen LogP contribution in [0.4, 0.5) is 0 Å². The molecule has 5 heteroatoms. The summed E-state index contributed by atoms with van der Waals surface area (Å²) in [6.07, 6.45) is 6.55. The smallest absolute Gasteiger partial charge is 0.305 e. The number of carboxylic acid groups (broad SMARTS) is 1. The number of carbonyl (C=O) groups excluding carboxylic acids is 1. The quantitative estimate of drug-likeness (QED) is 0.519. The second-order valence-corrected chi connectivity index (χ2v) is 4.82. The van der Waals surface area contributed by atoms with E-state index in [1.54, 1.807) is 0 Å². The SMILES string of the molecule is CCCCCCCC(C)NC(=O)C(N)CC(=O)O. The first-order valence-corrected chi connectivity index (χ1v) is 6.75. The Kier molecular flexibility index (Phi) is 9.28. The van der Waals surface area contributed by atoms with Crippen LogP contribution in [-0.2, 0) is 9.59 Å². The first kappa shape index (κ1) is 16.9. The number of carboxylic acids is 1. The molecule has 0 aromatic rings. The van der Waals surface area contributed by atoms with Gasteiger partial charge in [0, 0.05) is 6.04 Å². The van der Waals surface area contributed by atoms with Crippen molar-refractivity contribution in [1.82, 2.24) is 5.32 Å². The van der Waals surface area contributed by atoms with Crippen LogP contribution in [0, 0.1) is 0 Å². The molecule has 2 unspecified atom stereocenters. The monoisotopic (exact) mass is 258 g/mol. The Morgan fingerprint density at radius 2 is 1.83 bits per heavy atom. The molecule has 4 N–H and O–H groups in total. The lowest BCUT2D eigenvalue weighted by Gasteiger charge is -2.16. The first-order valence-electron chi connectivity index (χ1n) is 6.75. The molecule has 0 spiro atoms. The number of carbonyl (C=O) groups is 2. The van der Waals surface area contributed by atoms with Gasteiger partial charge in [-0.25, -0.2) is 0 Å². The summed E-state index contributed by atoms with van der Waals surface area (Å²) in [5.41, 5.74) is 5.47. The Morgan fingerprint density at radius 3 is 2.39 bits per heavy atom. The molecule has 0 saturated heterocycles. The van der Waals surface area contributed by atoms with E-state index < -0.39 is 12.0 Å². The highest BCUT2D eigenvalue weighted by Crippen LogP contribution is 2.07. The summed E-state index contributed by atoms with van der Waals surface area (Å²) < 4.78 is 0. The molecule has 0 bridgehead atoms. The van der Waals surface area contributed by atoms with Crippen LogP contribution in [0.2, 0.25) is 0 Å². The highest BCUT2D eigenvalue weighted by molar-refractivity contribution is 5.86. The highest BCUT2D eigenvalue weighted by Gasteiger charge is 2.18. The molecule has 5 nitrogen and oxygen atoms in total. The maximum Gasteiger partial charge on any atom is 0.305 e. The molecule has 0 aliphatic carbocycles. The van der Waals surface area contributed by atoms with Crippen molar-refractivity contribution in [2.45, 2.75) is 70.9 Å². The third-order valence-electron chi connectivity index (χ3n) is 2.86. The van der Waals surface area contributed by atoms with E-state index in [2.05, 4.69) is 12.2 Å². The molecule has 0 aromatic carbocycles. The average molecular weight is 258 g/mol. The molecule has 2 atom stereocenters. The molecule has 0 heterocycles. The summed E-state index contributed by atoms with van der Waals surface area (Å²) in [6, 6.07) is -0.899. The molecule has 0 aliphatic rings. The van der Waals surface area contributed by atoms with Crippen molar-refractivity contribution >= 4 is 11.9 Å². The van der Waals surface area contributed by atoms with Gasteiger partial charge in [0.15, 0.2) is 0 Å². The maximum atomic E-state index is 11.5. The van der Waals surface area contributed by atoms with Gasteiger partial charge in [-0.1, -0.05) is 39.0 Å². The fourth-order valence-electron chi connectivity index (χ4n) is 1.76. The normalized spacial score (nSPS) is 13.9. The second-order valence-electron chi connectivity index (χ2n) is 4.82. The summed E-state index contributed by atoms with van der Waals surface area (Å²) in [5.74, 6) is -1.43. The van der Waals surface area contributed by atoms with E-state index in [-0.39, 0.29) is 18.4 Å². The number of nitrogens with one attached hydrogen (secondary N) is 1. The van der Waals surface area contributed by atoms with Gasteiger partial charge in [0.1, 0.15) is 0 Å². The largest absolute Gasteiger partial charge is 0.481 e. The molecule has 0 radical (unpaired) electrons. The van der Waals surface area contributed by atoms with Crippen molar-refractivity contribution in [2.24, 2.45) is 5.73 Å². The van der Waals surface area contributed by atoms with Gasteiger partial charge in [0.25, 0.3) is 0 Å². The zero-order valence-corrected chi connectivity index (χ0v) is 11.4. The van der Waals surface area contributed by atoms with E-state index in [1.807, 2.05) is 6.92 Å². The lowest BCUT2D eigenvalue weighted by molar-refractivity contribution is -0.139. The van der Waals surface area contributed by atoms with Gasteiger partial charge >= 0.3 is 5.97 Å². The van der Waals surface area contributed by atoms with Gasteiger partial charge in [-0.15, -0.1) is 0 Å². The Hall–Kier alpha value is -1.10. The number of rotatable bonds is 10. The molecule has 18 heavy (non-hydrogen) atoms. The third kappa shape index (κ3) is 8.98. The number of hydrogen-bond acceptors (Lipinski definition) is 3. The second kappa shape index (κ2) is 9.88. The molecule has 1 amide bonds. The van der Waals surface area contributed by atoms with Gasteiger partial charge in [0.05, 0.1) is 12.5 Å². The van der Waals surface area contributed by atoms with Crippen LogP contribution in [0.5, 0.6) is 0 Å². The minimum Gasteiger partial charge on any atom is -0.481 e. The summed E-state index contributed by atoms with van der Waals surface area (Å²) >= 11 is 0. The first-order chi connectivity index (χ1) is 8.47. The highest BCUT2D eigenvalue weighted by atomic mass is 16.4. The molecule has 0 saturated carbocycles. The van der Waals surface area contributed by atoms with E-state index in [0.717, 1.165) is 12.8 Å². The minimum absolute atomic E-state index is 0.0546. The van der Waals surface area contributed by atoms with Gasteiger partial charge < -0.3 is 16.2 Å². The molecule has 0 aromatic heterocycles. The summed E-state index contributed by atoms with van der Waals surface area (Å²) in [7, 11) is 0. The van der Waals surface area contributed by atoms with Gasteiger partial charge in [-0.05, 0) is 13.3 Å². The van der Waals surface area contributed by atoms with E-state index in [9.17, 15) is 9.59 Å². The van der Waals surface area contributed by atoms with E-state index in [4.69, 9.17) is 10.8 Å². The summed E-state index contributed by atoms with van der Waals surface area (Å²) in [4.78, 5) is 21.9. The standard InChI is InChI=1S/C13H26N2O3/c1-3-4-5-6-7-8-10(2)15-13(18)11(14)9-12(16)17/h10-11H,3-9,14H2,1-2H3,(H,15,18)(H,16,17). The molecule has 0 fully saturated rings.